The van der Waals surface area contributed by atoms with Gasteiger partial charge in [0, 0.05) is 18.8 Å². The highest BCUT2D eigenvalue weighted by Crippen LogP contribution is 1.83. The second-order valence-corrected chi connectivity index (χ2v) is 2.83. The van der Waals surface area contributed by atoms with Gasteiger partial charge in [0.25, 0.3) is 0 Å². The van der Waals surface area contributed by atoms with Gasteiger partial charge < -0.3 is 20.3 Å². The highest BCUT2D eigenvalue weighted by Gasteiger charge is 2.01. The fourth-order valence-electron chi connectivity index (χ4n) is 0.691. The van der Waals surface area contributed by atoms with Crippen LogP contribution in [0.1, 0.15) is 0 Å². The van der Waals surface area contributed by atoms with Crippen LogP contribution in [0.4, 0.5) is 0 Å². The van der Waals surface area contributed by atoms with Crippen LogP contribution in [0.3, 0.4) is 0 Å². The lowest BCUT2D eigenvalue weighted by Crippen LogP contribution is -2.31. The van der Waals surface area contributed by atoms with Crippen LogP contribution >= 0.6 is 25.0 Å². The first kappa shape index (κ1) is 15.9. The maximum Gasteiger partial charge on any atom is 0.0897 e. The van der Waals surface area contributed by atoms with Crippen molar-refractivity contribution in [2.45, 2.75) is 6.10 Å². The van der Waals surface area contributed by atoms with Gasteiger partial charge in [-0.3, -0.25) is 0 Å². The highest BCUT2D eigenvalue weighted by molar-refractivity contribution is 7.80. The van der Waals surface area contributed by atoms with Gasteiger partial charge in [-0.15, -0.1) is 12.4 Å². The molecular formula is C7H18ClNO3S. The lowest BCUT2D eigenvalue weighted by molar-refractivity contribution is 0.0221. The predicted octanol–water partition coefficient (Wildman–Crippen LogP) is -0.703. The summed E-state index contributed by atoms with van der Waals surface area (Å²) in [6.45, 7) is 1.83. The van der Waals surface area contributed by atoms with Gasteiger partial charge in [0.2, 0.25) is 0 Å². The molecule has 0 aliphatic rings. The van der Waals surface area contributed by atoms with E-state index in [1.54, 1.807) is 0 Å². The lowest BCUT2D eigenvalue weighted by Gasteiger charge is -2.10. The molecule has 6 heteroatoms. The summed E-state index contributed by atoms with van der Waals surface area (Å²) in [5, 5.41) is 20.6. The fourth-order valence-corrected chi connectivity index (χ4v) is 0.849. The molecule has 0 saturated heterocycles. The Morgan fingerprint density at radius 1 is 1.46 bits per heavy atom. The van der Waals surface area contributed by atoms with E-state index in [1.807, 2.05) is 0 Å². The molecule has 0 rings (SSSR count). The molecule has 13 heavy (non-hydrogen) atoms. The van der Waals surface area contributed by atoms with Crippen molar-refractivity contribution >= 4 is 25.0 Å². The molecule has 0 aliphatic carbocycles. The molecule has 0 heterocycles. The quantitative estimate of drug-likeness (QED) is 0.330. The van der Waals surface area contributed by atoms with Gasteiger partial charge in [0.1, 0.15) is 0 Å². The first-order valence-electron chi connectivity index (χ1n) is 3.99. The molecule has 3 N–H and O–H groups in total. The largest absolute Gasteiger partial charge is 0.394 e. The molecule has 1 unspecified atom stereocenters. The smallest absolute Gasteiger partial charge is 0.0897 e. The topological polar surface area (TPSA) is 61.7 Å². The minimum absolute atomic E-state index is 0. The maximum absolute atomic E-state index is 9.21. The standard InChI is InChI=1S/C7H17NO3S.ClH/c9-2-3-11-6-7(10)5-8-1-4-12;/h7-10,12H,1-6H2;1H. The Hall–Kier alpha value is 0.480. The van der Waals surface area contributed by atoms with Crippen molar-refractivity contribution in [1.82, 2.24) is 5.32 Å². The summed E-state index contributed by atoms with van der Waals surface area (Å²) in [5.41, 5.74) is 0. The zero-order chi connectivity index (χ0) is 9.23. The first-order chi connectivity index (χ1) is 5.81. The normalized spacial score (nSPS) is 12.2. The number of thiol groups is 1. The van der Waals surface area contributed by atoms with E-state index >= 15 is 0 Å². The Morgan fingerprint density at radius 3 is 2.69 bits per heavy atom. The van der Waals surface area contributed by atoms with Crippen molar-refractivity contribution in [3.05, 3.63) is 0 Å². The van der Waals surface area contributed by atoms with Crippen molar-refractivity contribution in [2.75, 3.05) is 38.7 Å². The van der Waals surface area contributed by atoms with Crippen LogP contribution in [0.2, 0.25) is 0 Å². The number of aliphatic hydroxyl groups excluding tert-OH is 2. The summed E-state index contributed by atoms with van der Waals surface area (Å²) in [7, 11) is 0. The first-order valence-corrected chi connectivity index (χ1v) is 4.62. The minimum atomic E-state index is -0.503. The summed E-state index contributed by atoms with van der Waals surface area (Å²) in [6, 6.07) is 0. The second-order valence-electron chi connectivity index (χ2n) is 2.38. The summed E-state index contributed by atoms with van der Waals surface area (Å²) >= 11 is 4.00. The molecule has 0 aromatic carbocycles. The molecule has 0 aliphatic heterocycles. The third-order valence-electron chi connectivity index (χ3n) is 1.21. The van der Waals surface area contributed by atoms with Crippen molar-refractivity contribution in [1.29, 1.82) is 0 Å². The Morgan fingerprint density at radius 2 is 2.15 bits per heavy atom. The maximum atomic E-state index is 9.21. The molecule has 1 atom stereocenters. The molecule has 0 spiro atoms. The average molecular weight is 232 g/mol. The molecular weight excluding hydrogens is 214 g/mol. The average Bonchev–Trinajstić information content (AvgIpc) is 2.06. The van der Waals surface area contributed by atoms with Crippen LogP contribution in [0.15, 0.2) is 0 Å². The third kappa shape index (κ3) is 12.5. The van der Waals surface area contributed by atoms with Crippen LogP contribution in [0.5, 0.6) is 0 Å². The lowest BCUT2D eigenvalue weighted by atomic mass is 10.4. The van der Waals surface area contributed by atoms with E-state index in [-0.39, 0.29) is 32.2 Å². The predicted molar refractivity (Wildman–Crippen MR) is 57.9 cm³/mol. The molecule has 0 bridgehead atoms. The van der Waals surface area contributed by atoms with Crippen LogP contribution in [-0.4, -0.2) is 55.0 Å². The van der Waals surface area contributed by atoms with Gasteiger partial charge in [0.05, 0.1) is 25.9 Å². The number of hydrogen-bond acceptors (Lipinski definition) is 5. The number of rotatable bonds is 8. The van der Waals surface area contributed by atoms with E-state index in [2.05, 4.69) is 17.9 Å². The van der Waals surface area contributed by atoms with Crippen LogP contribution in [0.25, 0.3) is 0 Å². The molecule has 4 nitrogen and oxygen atoms in total. The Labute approximate surface area is 90.5 Å². The van der Waals surface area contributed by atoms with E-state index in [4.69, 9.17) is 9.84 Å². The number of aliphatic hydroxyl groups is 2. The SMILES string of the molecule is Cl.OCCOCC(O)CNCCS. The van der Waals surface area contributed by atoms with Gasteiger partial charge >= 0.3 is 0 Å². The number of ether oxygens (including phenoxy) is 1. The number of nitrogens with one attached hydrogen (secondary N) is 1. The van der Waals surface area contributed by atoms with Crippen LogP contribution < -0.4 is 5.32 Å². The van der Waals surface area contributed by atoms with E-state index in [0.29, 0.717) is 6.54 Å². The van der Waals surface area contributed by atoms with E-state index in [0.717, 1.165) is 12.3 Å². The van der Waals surface area contributed by atoms with Gasteiger partial charge in [-0.25, -0.2) is 0 Å². The third-order valence-corrected chi connectivity index (χ3v) is 1.44. The molecule has 0 aromatic heterocycles. The fraction of sp³-hybridized carbons (Fsp3) is 1.00. The molecule has 82 valence electrons. The summed E-state index contributed by atoms with van der Waals surface area (Å²) in [4.78, 5) is 0. The molecule has 0 fully saturated rings. The zero-order valence-corrected chi connectivity index (χ0v) is 9.19. The molecule has 0 radical (unpaired) electrons. The van der Waals surface area contributed by atoms with Gasteiger partial charge in [0.15, 0.2) is 0 Å². The van der Waals surface area contributed by atoms with E-state index < -0.39 is 6.10 Å². The van der Waals surface area contributed by atoms with E-state index in [9.17, 15) is 5.11 Å². The Balaban J connectivity index is 0. The summed E-state index contributed by atoms with van der Waals surface area (Å²) in [5.74, 6) is 0.754. The number of hydrogen-bond donors (Lipinski definition) is 4. The molecule has 0 amide bonds. The van der Waals surface area contributed by atoms with Crippen LogP contribution in [-0.2, 0) is 4.74 Å². The second kappa shape index (κ2) is 12.5. The van der Waals surface area contributed by atoms with Gasteiger partial charge in [-0.05, 0) is 0 Å². The highest BCUT2D eigenvalue weighted by atomic mass is 35.5. The van der Waals surface area contributed by atoms with Crippen molar-refractivity contribution < 1.29 is 14.9 Å². The van der Waals surface area contributed by atoms with Crippen molar-refractivity contribution in [3.63, 3.8) is 0 Å². The summed E-state index contributed by atoms with van der Waals surface area (Å²) in [6.07, 6.45) is -0.503. The minimum Gasteiger partial charge on any atom is -0.394 e. The zero-order valence-electron chi connectivity index (χ0n) is 7.48. The Kier molecular flexibility index (Phi) is 15.3. The molecule has 0 aromatic rings. The number of halogens is 1. The Bertz CT molecular complexity index is 89.8. The van der Waals surface area contributed by atoms with Crippen molar-refractivity contribution in [3.8, 4) is 0 Å². The van der Waals surface area contributed by atoms with Crippen LogP contribution in [0, 0.1) is 0 Å². The van der Waals surface area contributed by atoms with E-state index in [1.165, 1.54) is 0 Å². The monoisotopic (exact) mass is 231 g/mol. The van der Waals surface area contributed by atoms with Crippen molar-refractivity contribution in [2.24, 2.45) is 0 Å². The van der Waals surface area contributed by atoms with Gasteiger partial charge in [-0.1, -0.05) is 0 Å². The molecule has 0 saturated carbocycles. The van der Waals surface area contributed by atoms with Gasteiger partial charge in [-0.2, -0.15) is 12.6 Å². The summed E-state index contributed by atoms with van der Waals surface area (Å²) < 4.78 is 4.92.